The number of hydrogen-bond acceptors (Lipinski definition) is 4. The molecule has 0 aliphatic heterocycles. The second-order valence-corrected chi connectivity index (χ2v) is 8.15. The van der Waals surface area contributed by atoms with Gasteiger partial charge < -0.3 is 9.88 Å². The van der Waals surface area contributed by atoms with Crippen LogP contribution in [0.25, 0.3) is 0 Å². The van der Waals surface area contributed by atoms with Gasteiger partial charge in [-0.05, 0) is 36.2 Å². The Bertz CT molecular complexity index is 1100. The molecule has 1 heterocycles. The number of rotatable bonds is 6. The first-order valence-electron chi connectivity index (χ1n) is 8.44. The Kier molecular flexibility index (Phi) is 5.71. The minimum atomic E-state index is -3.97. The molecule has 2 aromatic carbocycles. The van der Waals surface area contributed by atoms with Crippen molar-refractivity contribution in [3.63, 3.8) is 0 Å². The third kappa shape index (κ3) is 4.18. The van der Waals surface area contributed by atoms with Gasteiger partial charge in [0.05, 0.1) is 23.5 Å². The summed E-state index contributed by atoms with van der Waals surface area (Å²) in [6, 6.07) is 15.6. The third-order valence-electron chi connectivity index (χ3n) is 4.23. The van der Waals surface area contributed by atoms with E-state index in [-0.39, 0.29) is 27.6 Å². The van der Waals surface area contributed by atoms with Crippen molar-refractivity contribution in [3.8, 4) is 0 Å². The fraction of sp³-hybridized carbons (Fsp3) is 0.158. The van der Waals surface area contributed by atoms with E-state index in [2.05, 4.69) is 15.0 Å². The lowest BCUT2D eigenvalue weighted by molar-refractivity contribution is 0.0941. The molecule has 9 heteroatoms. The summed E-state index contributed by atoms with van der Waals surface area (Å²) in [4.78, 5) is 16.5. The average Bonchev–Trinajstić information content (AvgIpc) is 3.02. The van der Waals surface area contributed by atoms with Crippen LogP contribution in [0.5, 0.6) is 0 Å². The summed E-state index contributed by atoms with van der Waals surface area (Å²) in [5.41, 5.74) is 1.32. The Morgan fingerprint density at radius 2 is 1.75 bits per heavy atom. The van der Waals surface area contributed by atoms with E-state index in [0.29, 0.717) is 0 Å². The van der Waals surface area contributed by atoms with Gasteiger partial charge in [-0.3, -0.25) is 9.52 Å². The first-order valence-corrected chi connectivity index (χ1v) is 10.3. The number of imidazole rings is 1. The Hall–Kier alpha value is -2.84. The molecule has 1 unspecified atom stereocenters. The summed E-state index contributed by atoms with van der Waals surface area (Å²) in [5.74, 6) is -0.391. The van der Waals surface area contributed by atoms with E-state index in [1.807, 2.05) is 37.3 Å². The molecule has 3 rings (SSSR count). The molecule has 0 saturated heterocycles. The molecule has 0 fully saturated rings. The second-order valence-electron chi connectivity index (χ2n) is 6.18. The topological polar surface area (TPSA) is 93.1 Å². The summed E-state index contributed by atoms with van der Waals surface area (Å²) in [6.45, 7) is 1.86. The number of carbonyl (C=O) groups is 1. The zero-order chi connectivity index (χ0) is 20.3. The van der Waals surface area contributed by atoms with Crippen LogP contribution in [-0.4, -0.2) is 23.9 Å². The van der Waals surface area contributed by atoms with Crippen molar-refractivity contribution in [1.29, 1.82) is 0 Å². The summed E-state index contributed by atoms with van der Waals surface area (Å²) in [5, 5.41) is 2.82. The number of para-hydroxylation sites is 1. The number of carbonyl (C=O) groups excluding carboxylic acids is 1. The molecular formula is C19H19ClN4O3S. The molecule has 0 aliphatic rings. The summed E-state index contributed by atoms with van der Waals surface area (Å²) in [7, 11) is -2.48. The van der Waals surface area contributed by atoms with Gasteiger partial charge in [-0.2, -0.15) is 8.42 Å². The lowest BCUT2D eigenvalue weighted by atomic mass is 10.1. The normalized spacial score (nSPS) is 12.4. The van der Waals surface area contributed by atoms with Crippen molar-refractivity contribution >= 4 is 33.2 Å². The number of amides is 1. The van der Waals surface area contributed by atoms with Crippen molar-refractivity contribution in [3.05, 3.63) is 77.2 Å². The molecule has 1 atom stereocenters. The molecule has 3 aromatic rings. The second kappa shape index (κ2) is 8.04. The van der Waals surface area contributed by atoms with Crippen LogP contribution < -0.4 is 10.0 Å². The number of nitrogens with one attached hydrogen (secondary N) is 2. The Labute approximate surface area is 168 Å². The van der Waals surface area contributed by atoms with Crippen molar-refractivity contribution in [2.75, 3.05) is 4.72 Å². The Morgan fingerprint density at radius 1 is 1.11 bits per heavy atom. The van der Waals surface area contributed by atoms with Crippen LogP contribution in [0, 0.1) is 0 Å². The maximum Gasteiger partial charge on any atom is 0.279 e. The first kappa shape index (κ1) is 19.9. The highest BCUT2D eigenvalue weighted by molar-refractivity contribution is 7.92. The van der Waals surface area contributed by atoms with Gasteiger partial charge in [-0.25, -0.2) is 4.98 Å². The number of benzene rings is 2. The number of sulfonamides is 1. The van der Waals surface area contributed by atoms with E-state index in [1.165, 1.54) is 17.7 Å². The number of aromatic nitrogens is 2. The molecule has 0 radical (unpaired) electrons. The van der Waals surface area contributed by atoms with E-state index in [9.17, 15) is 13.2 Å². The van der Waals surface area contributed by atoms with Crippen LogP contribution >= 0.6 is 11.6 Å². The van der Waals surface area contributed by atoms with Gasteiger partial charge in [-0.15, -0.1) is 0 Å². The zero-order valence-corrected chi connectivity index (χ0v) is 16.8. The highest BCUT2D eigenvalue weighted by Gasteiger charge is 2.23. The van der Waals surface area contributed by atoms with Crippen LogP contribution in [-0.2, 0) is 17.1 Å². The highest BCUT2D eigenvalue weighted by Crippen LogP contribution is 2.22. The SMILES string of the molecule is CC(NC(=O)c1ccccc1NS(=O)(=O)c1cnc(Cl)n1C)c1ccccc1. The minimum absolute atomic E-state index is 0.0445. The largest absolute Gasteiger partial charge is 0.345 e. The predicted molar refractivity (Wildman–Crippen MR) is 108 cm³/mol. The molecular weight excluding hydrogens is 400 g/mol. The maximum absolute atomic E-state index is 12.8. The van der Waals surface area contributed by atoms with Crippen LogP contribution in [0.2, 0.25) is 5.28 Å². The molecule has 0 bridgehead atoms. The number of hydrogen-bond donors (Lipinski definition) is 2. The molecule has 1 amide bonds. The summed E-state index contributed by atoms with van der Waals surface area (Å²) < 4.78 is 29.1. The molecule has 7 nitrogen and oxygen atoms in total. The van der Waals surface area contributed by atoms with E-state index in [0.717, 1.165) is 11.8 Å². The average molecular weight is 419 g/mol. The minimum Gasteiger partial charge on any atom is -0.345 e. The predicted octanol–water partition coefficient (Wildman–Crippen LogP) is 3.37. The molecule has 1 aromatic heterocycles. The highest BCUT2D eigenvalue weighted by atomic mass is 35.5. The smallest absolute Gasteiger partial charge is 0.279 e. The van der Waals surface area contributed by atoms with Crippen molar-refractivity contribution in [1.82, 2.24) is 14.9 Å². The van der Waals surface area contributed by atoms with Crippen molar-refractivity contribution < 1.29 is 13.2 Å². The number of halogens is 1. The lowest BCUT2D eigenvalue weighted by Crippen LogP contribution is -2.28. The molecule has 0 saturated carbocycles. The summed E-state index contributed by atoms with van der Waals surface area (Å²) >= 11 is 5.83. The number of anilines is 1. The maximum atomic E-state index is 12.8. The molecule has 0 aliphatic carbocycles. The summed E-state index contributed by atoms with van der Waals surface area (Å²) in [6.07, 6.45) is 1.16. The van der Waals surface area contributed by atoms with Gasteiger partial charge in [0, 0.05) is 7.05 Å². The van der Waals surface area contributed by atoms with E-state index < -0.39 is 15.9 Å². The fourth-order valence-corrected chi connectivity index (χ4v) is 4.09. The molecule has 28 heavy (non-hydrogen) atoms. The standard InChI is InChI=1S/C19H19ClN4O3S/c1-13(14-8-4-3-5-9-14)22-18(25)15-10-6-7-11-16(15)23-28(26,27)17-12-21-19(20)24(17)2/h3-13,23H,1-2H3,(H,22,25). The van der Waals surface area contributed by atoms with Crippen molar-refractivity contribution in [2.24, 2.45) is 7.05 Å². The van der Waals surface area contributed by atoms with Gasteiger partial charge in [0.2, 0.25) is 5.28 Å². The molecule has 146 valence electrons. The van der Waals surface area contributed by atoms with Crippen LogP contribution in [0.3, 0.4) is 0 Å². The van der Waals surface area contributed by atoms with E-state index in [1.54, 1.807) is 18.2 Å². The van der Waals surface area contributed by atoms with Crippen LogP contribution in [0.4, 0.5) is 5.69 Å². The third-order valence-corrected chi connectivity index (χ3v) is 6.00. The van der Waals surface area contributed by atoms with E-state index in [4.69, 9.17) is 11.6 Å². The Balaban J connectivity index is 1.85. The monoisotopic (exact) mass is 418 g/mol. The lowest BCUT2D eigenvalue weighted by Gasteiger charge is -2.17. The van der Waals surface area contributed by atoms with Gasteiger partial charge in [0.25, 0.3) is 15.9 Å². The van der Waals surface area contributed by atoms with Gasteiger partial charge in [0.1, 0.15) is 0 Å². The first-order chi connectivity index (χ1) is 13.3. The quantitative estimate of drug-likeness (QED) is 0.641. The van der Waals surface area contributed by atoms with Crippen LogP contribution in [0.15, 0.2) is 65.8 Å². The Morgan fingerprint density at radius 3 is 2.39 bits per heavy atom. The number of nitrogens with zero attached hydrogens (tertiary/aromatic N) is 2. The van der Waals surface area contributed by atoms with Gasteiger partial charge >= 0.3 is 0 Å². The van der Waals surface area contributed by atoms with Crippen LogP contribution in [0.1, 0.15) is 28.9 Å². The molecule has 2 N–H and O–H groups in total. The van der Waals surface area contributed by atoms with E-state index >= 15 is 0 Å². The van der Waals surface area contributed by atoms with Crippen molar-refractivity contribution in [2.45, 2.75) is 18.0 Å². The fourth-order valence-electron chi connectivity index (χ4n) is 2.69. The molecule has 0 spiro atoms. The van der Waals surface area contributed by atoms with Gasteiger partial charge in [0.15, 0.2) is 5.03 Å². The van der Waals surface area contributed by atoms with Gasteiger partial charge in [-0.1, -0.05) is 42.5 Å². The zero-order valence-electron chi connectivity index (χ0n) is 15.3.